The van der Waals surface area contributed by atoms with Crippen LogP contribution >= 0.6 is 11.6 Å². The van der Waals surface area contributed by atoms with E-state index in [0.717, 1.165) is 17.7 Å². The number of methoxy groups -OCH3 is 1. The summed E-state index contributed by atoms with van der Waals surface area (Å²) in [6, 6.07) is 7.72. The fourth-order valence-electron chi connectivity index (χ4n) is 1.48. The monoisotopic (exact) mass is 241 g/mol. The summed E-state index contributed by atoms with van der Waals surface area (Å²) in [7, 11) is 1.63. The van der Waals surface area contributed by atoms with Crippen LogP contribution in [-0.2, 0) is 11.2 Å². The number of alkyl halides is 1. The molecule has 16 heavy (non-hydrogen) atoms. The van der Waals surface area contributed by atoms with Gasteiger partial charge in [0, 0.05) is 18.8 Å². The van der Waals surface area contributed by atoms with E-state index < -0.39 is 0 Å². The molecule has 1 amide bonds. The zero-order valence-corrected chi connectivity index (χ0v) is 10.3. The molecule has 3 nitrogen and oxygen atoms in total. The third kappa shape index (κ3) is 4.11. The Morgan fingerprint density at radius 2 is 2.06 bits per heavy atom. The van der Waals surface area contributed by atoms with Crippen molar-refractivity contribution in [3.63, 3.8) is 0 Å². The van der Waals surface area contributed by atoms with Crippen molar-refractivity contribution in [2.45, 2.75) is 19.4 Å². The molecule has 4 heteroatoms. The number of hydrogen-bond donors (Lipinski definition) is 1. The summed E-state index contributed by atoms with van der Waals surface area (Å²) in [6.07, 6.45) is 0.729. The number of halogens is 1. The molecule has 0 aromatic heterocycles. The summed E-state index contributed by atoms with van der Waals surface area (Å²) in [5, 5.41) is 2.80. The molecule has 1 rings (SSSR count). The lowest BCUT2D eigenvalue weighted by atomic mass is 10.1. The summed E-state index contributed by atoms with van der Waals surface area (Å²) in [5.41, 5.74) is 1.13. The largest absolute Gasteiger partial charge is 0.497 e. The molecule has 0 spiro atoms. The van der Waals surface area contributed by atoms with Gasteiger partial charge in [0.1, 0.15) is 5.75 Å². The molecular weight excluding hydrogens is 226 g/mol. The maximum absolute atomic E-state index is 10.9. The Labute approximate surface area is 101 Å². The normalized spacial score (nSPS) is 11.9. The number of ether oxygens (including phenoxy) is 1. The van der Waals surface area contributed by atoms with E-state index in [0.29, 0.717) is 5.88 Å². The summed E-state index contributed by atoms with van der Waals surface area (Å²) < 4.78 is 5.07. The van der Waals surface area contributed by atoms with Gasteiger partial charge in [-0.25, -0.2) is 0 Å². The molecule has 0 radical (unpaired) electrons. The van der Waals surface area contributed by atoms with E-state index in [-0.39, 0.29) is 11.9 Å². The van der Waals surface area contributed by atoms with Gasteiger partial charge < -0.3 is 10.1 Å². The number of hydrogen-bond acceptors (Lipinski definition) is 2. The fraction of sp³-hybridized carbons (Fsp3) is 0.417. The van der Waals surface area contributed by atoms with Gasteiger partial charge in [-0.3, -0.25) is 4.79 Å². The molecule has 1 N–H and O–H groups in total. The zero-order chi connectivity index (χ0) is 12.0. The molecule has 0 heterocycles. The second-order valence-electron chi connectivity index (χ2n) is 3.60. The van der Waals surface area contributed by atoms with E-state index >= 15 is 0 Å². The Morgan fingerprint density at radius 1 is 1.44 bits per heavy atom. The lowest BCUT2D eigenvalue weighted by molar-refractivity contribution is -0.119. The quantitative estimate of drug-likeness (QED) is 0.801. The molecule has 0 aliphatic heterocycles. The van der Waals surface area contributed by atoms with Crippen molar-refractivity contribution in [3.8, 4) is 5.75 Å². The highest BCUT2D eigenvalue weighted by Crippen LogP contribution is 2.13. The van der Waals surface area contributed by atoms with E-state index in [9.17, 15) is 4.79 Å². The molecule has 0 fully saturated rings. The standard InChI is InChI=1S/C12H16ClNO2/c1-9(15)14-11(8-13)7-10-3-5-12(16-2)6-4-10/h3-6,11H,7-8H2,1-2H3,(H,14,15)/t11-/m0/s1. The van der Waals surface area contributed by atoms with Gasteiger partial charge in [0.2, 0.25) is 5.91 Å². The van der Waals surface area contributed by atoms with Gasteiger partial charge in [-0.2, -0.15) is 0 Å². The molecule has 88 valence electrons. The number of rotatable bonds is 5. The van der Waals surface area contributed by atoms with E-state index in [4.69, 9.17) is 16.3 Å². The maximum atomic E-state index is 10.9. The van der Waals surface area contributed by atoms with Crippen LogP contribution in [-0.4, -0.2) is 24.9 Å². The van der Waals surface area contributed by atoms with Gasteiger partial charge in [-0.1, -0.05) is 12.1 Å². The molecule has 0 bridgehead atoms. The van der Waals surface area contributed by atoms with Crippen molar-refractivity contribution < 1.29 is 9.53 Å². The minimum Gasteiger partial charge on any atom is -0.497 e. The molecule has 0 aliphatic rings. The van der Waals surface area contributed by atoms with Gasteiger partial charge in [0.25, 0.3) is 0 Å². The second kappa shape index (κ2) is 6.38. The van der Waals surface area contributed by atoms with Crippen LogP contribution < -0.4 is 10.1 Å². The summed E-state index contributed by atoms with van der Waals surface area (Å²) in [6.45, 7) is 1.49. The lowest BCUT2D eigenvalue weighted by Crippen LogP contribution is -2.36. The third-order valence-corrected chi connectivity index (χ3v) is 2.61. The highest BCUT2D eigenvalue weighted by Gasteiger charge is 2.09. The average Bonchev–Trinajstić information content (AvgIpc) is 2.28. The smallest absolute Gasteiger partial charge is 0.217 e. The molecular formula is C12H16ClNO2. The Morgan fingerprint density at radius 3 is 2.50 bits per heavy atom. The predicted octanol–water partition coefficient (Wildman–Crippen LogP) is 1.98. The Hall–Kier alpha value is -1.22. The van der Waals surface area contributed by atoms with Crippen LogP contribution in [0.4, 0.5) is 0 Å². The predicted molar refractivity (Wildman–Crippen MR) is 65.0 cm³/mol. The summed E-state index contributed by atoms with van der Waals surface area (Å²) in [4.78, 5) is 10.9. The first-order chi connectivity index (χ1) is 7.65. The minimum absolute atomic E-state index is 0.0208. The second-order valence-corrected chi connectivity index (χ2v) is 3.91. The fourth-order valence-corrected chi connectivity index (χ4v) is 1.66. The maximum Gasteiger partial charge on any atom is 0.217 e. The Kier molecular flexibility index (Phi) is 5.12. The SMILES string of the molecule is COc1ccc(C[C@@H](CCl)NC(C)=O)cc1. The first-order valence-corrected chi connectivity index (χ1v) is 5.65. The van der Waals surface area contributed by atoms with E-state index in [1.807, 2.05) is 24.3 Å². The van der Waals surface area contributed by atoms with Crippen LogP contribution in [0.25, 0.3) is 0 Å². The van der Waals surface area contributed by atoms with E-state index in [1.165, 1.54) is 6.92 Å². The van der Waals surface area contributed by atoms with Gasteiger partial charge >= 0.3 is 0 Å². The third-order valence-electron chi connectivity index (χ3n) is 2.23. The van der Waals surface area contributed by atoms with Gasteiger partial charge in [0.05, 0.1) is 7.11 Å². The molecule has 0 saturated heterocycles. The van der Waals surface area contributed by atoms with Gasteiger partial charge in [-0.05, 0) is 24.1 Å². The highest BCUT2D eigenvalue weighted by molar-refractivity contribution is 6.18. The van der Waals surface area contributed by atoms with Crippen LogP contribution in [0.5, 0.6) is 5.75 Å². The van der Waals surface area contributed by atoms with Crippen molar-refractivity contribution in [2.24, 2.45) is 0 Å². The van der Waals surface area contributed by atoms with Crippen molar-refractivity contribution >= 4 is 17.5 Å². The molecule has 1 aromatic carbocycles. The minimum atomic E-state index is -0.0563. The number of carbonyl (C=O) groups is 1. The topological polar surface area (TPSA) is 38.3 Å². The molecule has 0 unspecified atom stereocenters. The van der Waals surface area contributed by atoms with Crippen LogP contribution in [0.15, 0.2) is 24.3 Å². The Bertz CT molecular complexity index is 337. The van der Waals surface area contributed by atoms with Crippen molar-refractivity contribution in [1.29, 1.82) is 0 Å². The van der Waals surface area contributed by atoms with Gasteiger partial charge in [-0.15, -0.1) is 11.6 Å². The van der Waals surface area contributed by atoms with Crippen LogP contribution in [0.3, 0.4) is 0 Å². The Balaban J connectivity index is 2.59. The lowest BCUT2D eigenvalue weighted by Gasteiger charge is -2.14. The average molecular weight is 242 g/mol. The summed E-state index contributed by atoms with van der Waals surface area (Å²) >= 11 is 5.78. The molecule has 0 saturated carbocycles. The van der Waals surface area contributed by atoms with Crippen LogP contribution in [0, 0.1) is 0 Å². The first-order valence-electron chi connectivity index (χ1n) is 5.11. The van der Waals surface area contributed by atoms with E-state index in [1.54, 1.807) is 7.11 Å². The molecule has 1 aromatic rings. The van der Waals surface area contributed by atoms with Crippen LogP contribution in [0.2, 0.25) is 0 Å². The molecule has 0 aliphatic carbocycles. The zero-order valence-electron chi connectivity index (χ0n) is 9.50. The van der Waals surface area contributed by atoms with E-state index in [2.05, 4.69) is 5.32 Å². The number of nitrogens with one attached hydrogen (secondary N) is 1. The van der Waals surface area contributed by atoms with Crippen molar-refractivity contribution in [2.75, 3.05) is 13.0 Å². The van der Waals surface area contributed by atoms with Crippen LogP contribution in [0.1, 0.15) is 12.5 Å². The number of carbonyl (C=O) groups excluding carboxylic acids is 1. The molecule has 1 atom stereocenters. The summed E-state index contributed by atoms with van der Waals surface area (Å²) in [5.74, 6) is 1.18. The first kappa shape index (κ1) is 12.8. The highest BCUT2D eigenvalue weighted by atomic mass is 35.5. The number of amides is 1. The van der Waals surface area contributed by atoms with Crippen molar-refractivity contribution in [1.82, 2.24) is 5.32 Å². The number of benzene rings is 1. The van der Waals surface area contributed by atoms with Gasteiger partial charge in [0.15, 0.2) is 0 Å². The van der Waals surface area contributed by atoms with Crippen molar-refractivity contribution in [3.05, 3.63) is 29.8 Å².